The molecule has 0 aliphatic carbocycles. The topological polar surface area (TPSA) is 76.1 Å². The zero-order chi connectivity index (χ0) is 24.4. The summed E-state index contributed by atoms with van der Waals surface area (Å²) in [5, 5.41) is 11.4. The maximum atomic E-state index is 13.3. The number of amides is 1. The van der Waals surface area contributed by atoms with Crippen LogP contribution in [0.1, 0.15) is 42.5 Å². The van der Waals surface area contributed by atoms with E-state index < -0.39 is 17.7 Å². The second-order valence-electron chi connectivity index (χ2n) is 8.39. The lowest BCUT2D eigenvalue weighted by Crippen LogP contribution is -2.29. The molecule has 174 valence electrons. The van der Waals surface area contributed by atoms with Gasteiger partial charge in [0.1, 0.15) is 17.3 Å². The molecule has 1 unspecified atom stereocenters. The van der Waals surface area contributed by atoms with Crippen molar-refractivity contribution in [3.8, 4) is 11.5 Å². The van der Waals surface area contributed by atoms with Crippen LogP contribution < -0.4 is 14.4 Å². The van der Waals surface area contributed by atoms with Crippen LogP contribution in [0.2, 0.25) is 0 Å². The summed E-state index contributed by atoms with van der Waals surface area (Å²) in [6.45, 7) is 4.04. The Morgan fingerprint density at radius 1 is 0.912 bits per heavy atom. The van der Waals surface area contributed by atoms with Gasteiger partial charge in [0.25, 0.3) is 11.7 Å². The lowest BCUT2D eigenvalue weighted by Gasteiger charge is -2.25. The van der Waals surface area contributed by atoms with E-state index >= 15 is 0 Å². The number of para-hydroxylation sites is 1. The third-order valence-electron chi connectivity index (χ3n) is 6.01. The quantitative estimate of drug-likeness (QED) is 0.302. The first-order valence-corrected chi connectivity index (χ1v) is 11.1. The van der Waals surface area contributed by atoms with Gasteiger partial charge in [-0.2, -0.15) is 0 Å². The van der Waals surface area contributed by atoms with Crippen LogP contribution in [0.15, 0.2) is 78.4 Å². The fourth-order valence-corrected chi connectivity index (χ4v) is 4.30. The number of methoxy groups -OCH3 is 2. The van der Waals surface area contributed by atoms with Crippen LogP contribution >= 0.6 is 0 Å². The van der Waals surface area contributed by atoms with Gasteiger partial charge in [0.05, 0.1) is 25.8 Å². The maximum absolute atomic E-state index is 13.3. The number of hydrogen-bond donors (Lipinski definition) is 1. The molecule has 1 saturated heterocycles. The van der Waals surface area contributed by atoms with Crippen molar-refractivity contribution < 1.29 is 24.2 Å². The van der Waals surface area contributed by atoms with Crippen LogP contribution in [0, 0.1) is 0 Å². The molecule has 4 rings (SSSR count). The highest BCUT2D eigenvalue weighted by atomic mass is 16.5. The Hall–Kier alpha value is -4.06. The molecular formula is C28H27NO5. The summed E-state index contributed by atoms with van der Waals surface area (Å²) >= 11 is 0. The number of ketones is 1. The number of Topliss-reactive ketones (excluding diaryl/α,β-unsaturated/α-hetero) is 1. The van der Waals surface area contributed by atoms with Gasteiger partial charge in [-0.15, -0.1) is 0 Å². The monoisotopic (exact) mass is 457 g/mol. The number of ether oxygens (including phenoxy) is 2. The highest BCUT2D eigenvalue weighted by Crippen LogP contribution is 2.43. The fraction of sp³-hybridized carbons (Fsp3) is 0.214. The van der Waals surface area contributed by atoms with E-state index in [-0.39, 0.29) is 17.3 Å². The van der Waals surface area contributed by atoms with E-state index in [1.165, 1.54) is 4.90 Å². The van der Waals surface area contributed by atoms with Crippen LogP contribution in [0.5, 0.6) is 11.5 Å². The number of aliphatic hydroxyl groups excluding tert-OH is 1. The lowest BCUT2D eigenvalue weighted by atomic mass is 9.93. The largest absolute Gasteiger partial charge is 0.507 e. The Bertz CT molecular complexity index is 1260. The van der Waals surface area contributed by atoms with Gasteiger partial charge in [-0.05, 0) is 59.5 Å². The Kier molecular flexibility index (Phi) is 6.41. The van der Waals surface area contributed by atoms with E-state index in [0.717, 1.165) is 5.56 Å². The number of anilines is 1. The van der Waals surface area contributed by atoms with Crippen LogP contribution in [0.3, 0.4) is 0 Å². The standard InChI is InChI=1S/C28H27NO5/c1-17(2)22-16-19(13-14-23(22)34-4)26(30)24-25(18-9-8-12-21(15-18)33-3)29(28(32)27(24)31)20-10-6-5-7-11-20/h5-17,25,30H,1-4H3/b26-24-. The molecule has 1 heterocycles. The Balaban J connectivity index is 1.95. The van der Waals surface area contributed by atoms with Crippen molar-refractivity contribution in [2.75, 3.05) is 19.1 Å². The number of carbonyl (C=O) groups excluding carboxylic acids is 2. The molecule has 1 fully saturated rings. The van der Waals surface area contributed by atoms with Crippen LogP contribution in [-0.4, -0.2) is 31.0 Å². The molecule has 0 saturated carbocycles. The summed E-state index contributed by atoms with van der Waals surface area (Å²) in [5.41, 5.74) is 2.59. The highest BCUT2D eigenvalue weighted by Gasteiger charge is 2.47. The summed E-state index contributed by atoms with van der Waals surface area (Å²) < 4.78 is 10.8. The second kappa shape index (κ2) is 9.43. The Labute approximate surface area is 199 Å². The first-order valence-electron chi connectivity index (χ1n) is 11.1. The molecule has 0 radical (unpaired) electrons. The fourth-order valence-electron chi connectivity index (χ4n) is 4.30. The van der Waals surface area contributed by atoms with Gasteiger partial charge in [0, 0.05) is 11.3 Å². The summed E-state index contributed by atoms with van der Waals surface area (Å²) in [7, 11) is 3.15. The van der Waals surface area contributed by atoms with Crippen molar-refractivity contribution in [3.05, 3.63) is 95.1 Å². The molecule has 1 aliphatic rings. The van der Waals surface area contributed by atoms with Gasteiger partial charge in [-0.25, -0.2) is 0 Å². The molecule has 34 heavy (non-hydrogen) atoms. The van der Waals surface area contributed by atoms with Gasteiger partial charge < -0.3 is 14.6 Å². The number of carbonyl (C=O) groups is 2. The van der Waals surface area contributed by atoms with Gasteiger partial charge in [0.2, 0.25) is 0 Å². The van der Waals surface area contributed by atoms with Gasteiger partial charge >= 0.3 is 0 Å². The van der Waals surface area contributed by atoms with E-state index in [2.05, 4.69) is 0 Å². The van der Waals surface area contributed by atoms with Crippen molar-refractivity contribution in [2.45, 2.75) is 25.8 Å². The molecule has 1 atom stereocenters. The van der Waals surface area contributed by atoms with Gasteiger partial charge in [-0.3, -0.25) is 14.5 Å². The average Bonchev–Trinajstić information content (AvgIpc) is 3.13. The number of nitrogens with zero attached hydrogens (tertiary/aromatic N) is 1. The van der Waals surface area contributed by atoms with Crippen LogP contribution in [-0.2, 0) is 9.59 Å². The Morgan fingerprint density at radius 2 is 1.65 bits per heavy atom. The number of hydrogen-bond acceptors (Lipinski definition) is 5. The lowest BCUT2D eigenvalue weighted by molar-refractivity contribution is -0.132. The molecule has 1 amide bonds. The maximum Gasteiger partial charge on any atom is 0.300 e. The van der Waals surface area contributed by atoms with E-state index in [9.17, 15) is 14.7 Å². The molecular weight excluding hydrogens is 430 g/mol. The first kappa shape index (κ1) is 23.1. The zero-order valence-corrected chi connectivity index (χ0v) is 19.6. The first-order chi connectivity index (χ1) is 16.4. The molecule has 3 aromatic rings. The minimum absolute atomic E-state index is 0.0296. The van der Waals surface area contributed by atoms with Crippen molar-refractivity contribution in [1.82, 2.24) is 0 Å². The zero-order valence-electron chi connectivity index (χ0n) is 19.6. The van der Waals surface area contributed by atoms with Gasteiger partial charge in [-0.1, -0.05) is 44.2 Å². The van der Waals surface area contributed by atoms with Crippen molar-refractivity contribution in [3.63, 3.8) is 0 Å². The molecule has 0 bridgehead atoms. The van der Waals surface area contributed by atoms with E-state index in [0.29, 0.717) is 28.3 Å². The number of aliphatic hydroxyl groups is 1. The predicted molar refractivity (Wildman–Crippen MR) is 131 cm³/mol. The Morgan fingerprint density at radius 3 is 2.29 bits per heavy atom. The summed E-state index contributed by atoms with van der Waals surface area (Å²) in [5.74, 6) is -0.254. The molecule has 3 aromatic carbocycles. The normalized spacial score (nSPS) is 17.3. The molecule has 6 nitrogen and oxygen atoms in total. The smallest absolute Gasteiger partial charge is 0.300 e. The molecule has 0 spiro atoms. The number of benzene rings is 3. The highest BCUT2D eigenvalue weighted by molar-refractivity contribution is 6.51. The second-order valence-corrected chi connectivity index (χ2v) is 8.39. The van der Waals surface area contributed by atoms with Crippen LogP contribution in [0.4, 0.5) is 5.69 Å². The molecule has 1 aliphatic heterocycles. The minimum Gasteiger partial charge on any atom is -0.507 e. The van der Waals surface area contributed by atoms with Crippen molar-refractivity contribution in [2.24, 2.45) is 0 Å². The van der Waals surface area contributed by atoms with E-state index in [4.69, 9.17) is 9.47 Å². The number of rotatable bonds is 6. The van der Waals surface area contributed by atoms with Crippen molar-refractivity contribution >= 4 is 23.1 Å². The third kappa shape index (κ3) is 4.03. The van der Waals surface area contributed by atoms with Crippen molar-refractivity contribution in [1.29, 1.82) is 0 Å². The van der Waals surface area contributed by atoms with Gasteiger partial charge in [0.15, 0.2) is 0 Å². The summed E-state index contributed by atoms with van der Waals surface area (Å²) in [4.78, 5) is 28.0. The summed E-state index contributed by atoms with van der Waals surface area (Å²) in [6.07, 6.45) is 0. The molecule has 1 N–H and O–H groups in total. The third-order valence-corrected chi connectivity index (χ3v) is 6.01. The molecule has 6 heteroatoms. The summed E-state index contributed by atoms with van der Waals surface area (Å²) in [6, 6.07) is 20.6. The van der Waals surface area contributed by atoms with E-state index in [1.807, 2.05) is 26.0 Å². The minimum atomic E-state index is -0.817. The predicted octanol–water partition coefficient (Wildman–Crippen LogP) is 5.45. The van der Waals surface area contributed by atoms with Crippen LogP contribution in [0.25, 0.3) is 5.76 Å². The average molecular weight is 458 g/mol. The SMILES string of the molecule is COc1cccc(C2/C(=C(/O)c3ccc(OC)c(C(C)C)c3)C(=O)C(=O)N2c2ccccc2)c1. The van der Waals surface area contributed by atoms with E-state index in [1.54, 1.807) is 74.9 Å². The molecule has 0 aromatic heterocycles.